The number of nitrogens with zero attached hydrogens (tertiary/aromatic N) is 1. The van der Waals surface area contributed by atoms with Crippen LogP contribution in [-0.4, -0.2) is 19.0 Å². The van der Waals surface area contributed by atoms with Gasteiger partial charge in [-0.3, -0.25) is 4.79 Å². The van der Waals surface area contributed by atoms with Crippen molar-refractivity contribution in [3.05, 3.63) is 29.3 Å². The summed E-state index contributed by atoms with van der Waals surface area (Å²) >= 11 is 0. The van der Waals surface area contributed by atoms with E-state index in [1.54, 1.807) is 0 Å². The summed E-state index contributed by atoms with van der Waals surface area (Å²) in [6.45, 7) is 5.20. The Balaban J connectivity index is 2.37. The van der Waals surface area contributed by atoms with Gasteiger partial charge in [0.15, 0.2) is 0 Å². The van der Waals surface area contributed by atoms with Crippen LogP contribution in [0.4, 0.5) is 5.69 Å². The number of benzene rings is 1. The molecular weight excluding hydrogens is 212 g/mol. The first kappa shape index (κ1) is 12.1. The van der Waals surface area contributed by atoms with E-state index in [4.69, 9.17) is 5.73 Å². The molecule has 0 saturated carbocycles. The maximum atomic E-state index is 12.3. The van der Waals surface area contributed by atoms with E-state index in [-0.39, 0.29) is 11.8 Å². The summed E-state index contributed by atoms with van der Waals surface area (Å²) in [5.41, 5.74) is 9.17. The molecule has 1 atom stereocenters. The van der Waals surface area contributed by atoms with Crippen molar-refractivity contribution in [2.24, 2.45) is 11.7 Å². The molecule has 1 unspecified atom stereocenters. The molecule has 17 heavy (non-hydrogen) atoms. The van der Waals surface area contributed by atoms with Crippen molar-refractivity contribution in [3.8, 4) is 0 Å². The maximum Gasteiger partial charge on any atom is 0.231 e. The summed E-state index contributed by atoms with van der Waals surface area (Å²) in [5, 5.41) is 0. The van der Waals surface area contributed by atoms with Gasteiger partial charge in [-0.2, -0.15) is 0 Å². The van der Waals surface area contributed by atoms with Crippen LogP contribution in [0, 0.1) is 12.8 Å². The number of fused-ring (bicyclic) bond motifs is 1. The lowest BCUT2D eigenvalue weighted by Crippen LogP contribution is -2.41. The molecule has 2 N–H and O–H groups in total. The van der Waals surface area contributed by atoms with Crippen molar-refractivity contribution < 1.29 is 4.79 Å². The summed E-state index contributed by atoms with van der Waals surface area (Å²) in [6, 6.07) is 6.25. The first-order chi connectivity index (χ1) is 8.15. The summed E-state index contributed by atoms with van der Waals surface area (Å²) in [7, 11) is 0. The molecule has 3 nitrogen and oxygen atoms in total. The molecule has 0 saturated heterocycles. The van der Waals surface area contributed by atoms with Crippen LogP contribution >= 0.6 is 0 Å². The van der Waals surface area contributed by atoms with Gasteiger partial charge in [0.1, 0.15) is 0 Å². The Morgan fingerprint density at radius 3 is 3.00 bits per heavy atom. The number of hydrogen-bond donors (Lipinski definition) is 1. The summed E-state index contributed by atoms with van der Waals surface area (Å²) in [4.78, 5) is 14.2. The average molecular weight is 232 g/mol. The number of para-hydroxylation sites is 1. The SMILES string of the molecule is Cc1cccc2c1N(C(=O)C(C)CN)CCC2. The first-order valence-electron chi connectivity index (χ1n) is 6.25. The lowest BCUT2D eigenvalue weighted by atomic mass is 9.97. The third-order valence-corrected chi connectivity index (χ3v) is 3.46. The molecule has 1 aliphatic heterocycles. The third kappa shape index (κ3) is 2.20. The Hall–Kier alpha value is -1.35. The zero-order chi connectivity index (χ0) is 12.4. The van der Waals surface area contributed by atoms with Crippen LogP contribution in [-0.2, 0) is 11.2 Å². The predicted molar refractivity (Wildman–Crippen MR) is 70.1 cm³/mol. The molecule has 0 aliphatic carbocycles. The van der Waals surface area contributed by atoms with E-state index in [9.17, 15) is 4.79 Å². The molecule has 1 amide bonds. The minimum Gasteiger partial charge on any atom is -0.330 e. The van der Waals surface area contributed by atoms with Gasteiger partial charge in [-0.05, 0) is 30.9 Å². The van der Waals surface area contributed by atoms with Crippen molar-refractivity contribution in [1.82, 2.24) is 0 Å². The topological polar surface area (TPSA) is 46.3 Å². The molecule has 0 radical (unpaired) electrons. The van der Waals surface area contributed by atoms with Gasteiger partial charge in [-0.15, -0.1) is 0 Å². The molecule has 1 aliphatic rings. The second-order valence-electron chi connectivity index (χ2n) is 4.81. The Labute approximate surface area is 103 Å². The quantitative estimate of drug-likeness (QED) is 0.846. The minimum absolute atomic E-state index is 0.0967. The predicted octanol–water partition coefficient (Wildman–Crippen LogP) is 1.87. The van der Waals surface area contributed by atoms with Crippen molar-refractivity contribution >= 4 is 11.6 Å². The van der Waals surface area contributed by atoms with Gasteiger partial charge in [0.05, 0.1) is 0 Å². The molecule has 1 aromatic carbocycles. The Morgan fingerprint density at radius 1 is 1.53 bits per heavy atom. The summed E-state index contributed by atoms with van der Waals surface area (Å²) < 4.78 is 0. The highest BCUT2D eigenvalue weighted by atomic mass is 16.2. The zero-order valence-electron chi connectivity index (χ0n) is 10.6. The smallest absolute Gasteiger partial charge is 0.231 e. The van der Waals surface area contributed by atoms with E-state index in [2.05, 4.69) is 25.1 Å². The Bertz CT molecular complexity index is 428. The lowest BCUT2D eigenvalue weighted by molar-refractivity contribution is -0.121. The average Bonchev–Trinajstić information content (AvgIpc) is 2.36. The van der Waals surface area contributed by atoms with Crippen molar-refractivity contribution in [2.45, 2.75) is 26.7 Å². The third-order valence-electron chi connectivity index (χ3n) is 3.46. The van der Waals surface area contributed by atoms with E-state index < -0.39 is 0 Å². The van der Waals surface area contributed by atoms with E-state index in [0.29, 0.717) is 6.54 Å². The van der Waals surface area contributed by atoms with Crippen LogP contribution < -0.4 is 10.6 Å². The van der Waals surface area contributed by atoms with E-state index in [0.717, 1.165) is 25.1 Å². The molecule has 1 heterocycles. The largest absolute Gasteiger partial charge is 0.330 e. The number of hydrogen-bond acceptors (Lipinski definition) is 2. The highest BCUT2D eigenvalue weighted by Crippen LogP contribution is 2.31. The number of anilines is 1. The van der Waals surface area contributed by atoms with E-state index in [1.165, 1.54) is 11.1 Å². The Morgan fingerprint density at radius 2 is 2.29 bits per heavy atom. The molecule has 92 valence electrons. The minimum atomic E-state index is -0.0967. The Kier molecular flexibility index (Phi) is 3.48. The standard InChI is InChI=1S/C14H20N2O/c1-10-5-3-6-12-7-4-8-16(13(10)12)14(17)11(2)9-15/h3,5-6,11H,4,7-9,15H2,1-2H3. The van der Waals surface area contributed by atoms with Gasteiger partial charge in [-0.25, -0.2) is 0 Å². The summed E-state index contributed by atoms with van der Waals surface area (Å²) in [6.07, 6.45) is 2.11. The molecule has 1 aromatic rings. The number of aryl methyl sites for hydroxylation is 2. The van der Waals surface area contributed by atoms with Crippen molar-refractivity contribution in [2.75, 3.05) is 18.0 Å². The monoisotopic (exact) mass is 232 g/mol. The van der Waals surface area contributed by atoms with Crippen LogP contribution in [0.25, 0.3) is 0 Å². The molecule has 0 aromatic heterocycles. The van der Waals surface area contributed by atoms with Crippen LogP contribution in [0.2, 0.25) is 0 Å². The number of rotatable bonds is 2. The maximum absolute atomic E-state index is 12.3. The molecule has 2 rings (SSSR count). The summed E-state index contributed by atoms with van der Waals surface area (Å²) in [5.74, 6) is 0.0586. The molecule has 0 bridgehead atoms. The molecular formula is C14H20N2O. The van der Waals surface area contributed by atoms with E-state index >= 15 is 0 Å². The second-order valence-corrected chi connectivity index (χ2v) is 4.81. The van der Waals surface area contributed by atoms with Crippen LogP contribution in [0.15, 0.2) is 18.2 Å². The molecule has 0 fully saturated rings. The van der Waals surface area contributed by atoms with Gasteiger partial charge >= 0.3 is 0 Å². The van der Waals surface area contributed by atoms with E-state index in [1.807, 2.05) is 11.8 Å². The number of nitrogens with two attached hydrogens (primary N) is 1. The first-order valence-corrected chi connectivity index (χ1v) is 6.25. The van der Waals surface area contributed by atoms with Crippen molar-refractivity contribution in [1.29, 1.82) is 0 Å². The highest BCUT2D eigenvalue weighted by Gasteiger charge is 2.26. The van der Waals surface area contributed by atoms with Crippen molar-refractivity contribution in [3.63, 3.8) is 0 Å². The van der Waals surface area contributed by atoms with Gasteiger partial charge in [-0.1, -0.05) is 25.1 Å². The fourth-order valence-electron chi connectivity index (χ4n) is 2.43. The zero-order valence-corrected chi connectivity index (χ0v) is 10.6. The van der Waals surface area contributed by atoms with Gasteiger partial charge < -0.3 is 10.6 Å². The van der Waals surface area contributed by atoms with Crippen LogP contribution in [0.5, 0.6) is 0 Å². The number of amides is 1. The van der Waals surface area contributed by atoms with Gasteiger partial charge in [0.2, 0.25) is 5.91 Å². The van der Waals surface area contributed by atoms with Gasteiger partial charge in [0, 0.05) is 24.7 Å². The number of carbonyl (C=O) groups excluding carboxylic acids is 1. The molecule has 3 heteroatoms. The highest BCUT2D eigenvalue weighted by molar-refractivity contribution is 5.96. The van der Waals surface area contributed by atoms with Crippen LogP contribution in [0.3, 0.4) is 0 Å². The normalized spacial score (nSPS) is 16.5. The fourth-order valence-corrected chi connectivity index (χ4v) is 2.43. The second kappa shape index (κ2) is 4.88. The van der Waals surface area contributed by atoms with Crippen LogP contribution in [0.1, 0.15) is 24.5 Å². The molecule has 0 spiro atoms. The van der Waals surface area contributed by atoms with Gasteiger partial charge in [0.25, 0.3) is 0 Å². The lowest BCUT2D eigenvalue weighted by Gasteiger charge is -2.32. The number of carbonyl (C=O) groups is 1. The fraction of sp³-hybridized carbons (Fsp3) is 0.500.